The Labute approximate surface area is 126 Å². The molecule has 0 atom stereocenters. The average molecular weight is 304 g/mol. The van der Waals surface area contributed by atoms with Crippen molar-refractivity contribution >= 4 is 23.2 Å². The minimum atomic E-state index is 0.664. The lowest BCUT2D eigenvalue weighted by Crippen LogP contribution is -1.89. The zero-order valence-electron chi connectivity index (χ0n) is 10.5. The fourth-order valence-corrected chi connectivity index (χ4v) is 2.39. The van der Waals surface area contributed by atoms with Crippen LogP contribution in [0.4, 0.5) is 0 Å². The molecule has 0 aliphatic carbocycles. The van der Waals surface area contributed by atoms with Gasteiger partial charge in [0.05, 0.1) is 5.69 Å². The molecule has 0 spiro atoms. The van der Waals surface area contributed by atoms with Crippen LogP contribution >= 0.6 is 23.2 Å². The molecule has 20 heavy (non-hydrogen) atoms. The van der Waals surface area contributed by atoms with E-state index in [1.54, 1.807) is 24.5 Å². The molecule has 0 amide bonds. The number of aromatic nitrogens is 3. The molecule has 5 heteroatoms. The van der Waals surface area contributed by atoms with Crippen LogP contribution in [0.15, 0.2) is 48.8 Å². The number of halogens is 2. The van der Waals surface area contributed by atoms with Gasteiger partial charge >= 0.3 is 0 Å². The highest BCUT2D eigenvalue weighted by Gasteiger charge is 2.07. The van der Waals surface area contributed by atoms with Gasteiger partial charge in [-0.15, -0.1) is 0 Å². The van der Waals surface area contributed by atoms with Crippen molar-refractivity contribution in [3.8, 4) is 11.3 Å². The van der Waals surface area contributed by atoms with E-state index in [1.165, 1.54) is 0 Å². The molecule has 0 saturated carbocycles. The summed E-state index contributed by atoms with van der Waals surface area (Å²) in [5, 5.41) is 8.72. The monoisotopic (exact) mass is 303 g/mol. The van der Waals surface area contributed by atoms with Gasteiger partial charge < -0.3 is 0 Å². The van der Waals surface area contributed by atoms with E-state index in [0.717, 1.165) is 22.5 Å². The first kappa shape index (κ1) is 13.2. The Hall–Kier alpha value is -1.84. The van der Waals surface area contributed by atoms with E-state index in [2.05, 4.69) is 15.2 Å². The fourth-order valence-electron chi connectivity index (χ4n) is 2.01. The van der Waals surface area contributed by atoms with Crippen molar-refractivity contribution in [1.29, 1.82) is 0 Å². The van der Waals surface area contributed by atoms with Gasteiger partial charge in [-0.25, -0.2) is 0 Å². The van der Waals surface area contributed by atoms with Crippen LogP contribution in [0, 0.1) is 0 Å². The third-order valence-electron chi connectivity index (χ3n) is 3.00. The summed E-state index contributed by atoms with van der Waals surface area (Å²) in [7, 11) is 0. The van der Waals surface area contributed by atoms with Gasteiger partial charge in [0, 0.05) is 40.1 Å². The van der Waals surface area contributed by atoms with E-state index in [4.69, 9.17) is 23.2 Å². The predicted octanol–water partition coefficient (Wildman–Crippen LogP) is 4.37. The van der Waals surface area contributed by atoms with E-state index in [1.807, 2.05) is 24.3 Å². The third-order valence-corrected chi connectivity index (χ3v) is 3.60. The normalized spacial score (nSPS) is 10.7. The summed E-state index contributed by atoms with van der Waals surface area (Å²) in [5.41, 5.74) is 3.88. The van der Waals surface area contributed by atoms with Crippen molar-refractivity contribution in [1.82, 2.24) is 15.2 Å². The van der Waals surface area contributed by atoms with Crippen LogP contribution in [-0.2, 0) is 6.42 Å². The quantitative estimate of drug-likeness (QED) is 0.780. The molecular weight excluding hydrogens is 293 g/mol. The van der Waals surface area contributed by atoms with Crippen molar-refractivity contribution in [3.05, 3.63) is 70.1 Å². The van der Waals surface area contributed by atoms with Crippen LogP contribution in [-0.4, -0.2) is 15.2 Å². The number of rotatable bonds is 3. The van der Waals surface area contributed by atoms with Gasteiger partial charge in [0.25, 0.3) is 0 Å². The Morgan fingerprint density at radius 2 is 1.80 bits per heavy atom. The molecule has 3 aromatic rings. The van der Waals surface area contributed by atoms with Crippen LogP contribution in [0.5, 0.6) is 0 Å². The predicted molar refractivity (Wildman–Crippen MR) is 81.1 cm³/mol. The van der Waals surface area contributed by atoms with Crippen molar-refractivity contribution in [3.63, 3.8) is 0 Å². The number of nitrogens with one attached hydrogen (secondary N) is 1. The SMILES string of the molecule is Clc1ccc(Cl)c(Cc2cc(-c3ccncc3)n[nH]2)c1. The van der Waals surface area contributed by atoms with E-state index in [-0.39, 0.29) is 0 Å². The number of H-pyrrole nitrogens is 1. The Kier molecular flexibility index (Phi) is 3.72. The summed E-state index contributed by atoms with van der Waals surface area (Å²) < 4.78 is 0. The second kappa shape index (κ2) is 5.65. The van der Waals surface area contributed by atoms with Crippen LogP contribution in [0.3, 0.4) is 0 Å². The second-order valence-electron chi connectivity index (χ2n) is 4.43. The molecule has 0 fully saturated rings. The second-order valence-corrected chi connectivity index (χ2v) is 5.27. The number of hydrogen-bond donors (Lipinski definition) is 1. The van der Waals surface area contributed by atoms with Gasteiger partial charge in [0.15, 0.2) is 0 Å². The molecule has 1 aromatic carbocycles. The minimum absolute atomic E-state index is 0.664. The molecule has 0 aliphatic rings. The first-order valence-corrected chi connectivity index (χ1v) is 6.86. The maximum absolute atomic E-state index is 6.17. The van der Waals surface area contributed by atoms with Crippen LogP contribution in [0.1, 0.15) is 11.3 Å². The zero-order valence-corrected chi connectivity index (χ0v) is 12.0. The van der Waals surface area contributed by atoms with E-state index in [9.17, 15) is 0 Å². The number of pyridine rings is 1. The van der Waals surface area contributed by atoms with Gasteiger partial charge in [-0.2, -0.15) is 5.10 Å². The Morgan fingerprint density at radius 1 is 1.00 bits per heavy atom. The van der Waals surface area contributed by atoms with E-state index < -0.39 is 0 Å². The molecular formula is C15H11Cl2N3. The molecule has 100 valence electrons. The smallest absolute Gasteiger partial charge is 0.0924 e. The molecule has 0 aliphatic heterocycles. The molecule has 0 bridgehead atoms. The molecule has 1 N–H and O–H groups in total. The van der Waals surface area contributed by atoms with E-state index >= 15 is 0 Å². The summed E-state index contributed by atoms with van der Waals surface area (Å²) in [4.78, 5) is 4.00. The highest BCUT2D eigenvalue weighted by molar-refractivity contribution is 6.33. The van der Waals surface area contributed by atoms with Crippen molar-refractivity contribution in [2.75, 3.05) is 0 Å². The molecule has 3 rings (SSSR count). The molecule has 0 unspecified atom stereocenters. The lowest BCUT2D eigenvalue weighted by atomic mass is 10.1. The summed E-state index contributed by atoms with van der Waals surface area (Å²) in [6, 6.07) is 11.3. The number of nitrogens with zero attached hydrogens (tertiary/aromatic N) is 2. The Morgan fingerprint density at radius 3 is 2.60 bits per heavy atom. The number of benzene rings is 1. The summed E-state index contributed by atoms with van der Waals surface area (Å²) in [5.74, 6) is 0. The topological polar surface area (TPSA) is 41.6 Å². The summed E-state index contributed by atoms with van der Waals surface area (Å²) >= 11 is 12.2. The molecule has 2 aromatic heterocycles. The summed E-state index contributed by atoms with van der Waals surface area (Å²) in [6.07, 6.45) is 4.16. The van der Waals surface area contributed by atoms with E-state index in [0.29, 0.717) is 16.5 Å². The van der Waals surface area contributed by atoms with Gasteiger partial charge in [0.2, 0.25) is 0 Å². The third kappa shape index (κ3) is 2.84. The van der Waals surface area contributed by atoms with Crippen molar-refractivity contribution < 1.29 is 0 Å². The lowest BCUT2D eigenvalue weighted by molar-refractivity contribution is 0.998. The van der Waals surface area contributed by atoms with Gasteiger partial charge in [-0.1, -0.05) is 23.2 Å². The fraction of sp³-hybridized carbons (Fsp3) is 0.0667. The maximum atomic E-state index is 6.17. The first-order chi connectivity index (χ1) is 9.72. The standard InChI is InChI=1S/C15H11Cl2N3/c16-12-1-2-14(17)11(7-12)8-13-9-15(20-19-13)10-3-5-18-6-4-10/h1-7,9H,8H2,(H,19,20). The largest absolute Gasteiger partial charge is 0.282 e. The number of hydrogen-bond acceptors (Lipinski definition) is 2. The molecule has 3 nitrogen and oxygen atoms in total. The first-order valence-electron chi connectivity index (χ1n) is 6.11. The molecule has 2 heterocycles. The van der Waals surface area contributed by atoms with Gasteiger partial charge in [-0.05, 0) is 42.0 Å². The molecule has 0 saturated heterocycles. The summed E-state index contributed by atoms with van der Waals surface area (Å²) in [6.45, 7) is 0. The van der Waals surface area contributed by atoms with Gasteiger partial charge in [-0.3, -0.25) is 10.1 Å². The van der Waals surface area contributed by atoms with Crippen molar-refractivity contribution in [2.45, 2.75) is 6.42 Å². The van der Waals surface area contributed by atoms with Gasteiger partial charge in [0.1, 0.15) is 0 Å². The Balaban J connectivity index is 1.86. The Bertz CT molecular complexity index is 723. The van der Waals surface area contributed by atoms with Crippen LogP contribution in [0.2, 0.25) is 10.0 Å². The lowest BCUT2D eigenvalue weighted by Gasteiger charge is -2.02. The van der Waals surface area contributed by atoms with Crippen molar-refractivity contribution in [2.24, 2.45) is 0 Å². The highest BCUT2D eigenvalue weighted by atomic mass is 35.5. The van der Waals surface area contributed by atoms with Crippen LogP contribution in [0.25, 0.3) is 11.3 Å². The molecule has 0 radical (unpaired) electrons. The zero-order chi connectivity index (χ0) is 13.9. The van der Waals surface area contributed by atoms with Crippen LogP contribution < -0.4 is 0 Å². The highest BCUT2D eigenvalue weighted by Crippen LogP contribution is 2.24. The maximum Gasteiger partial charge on any atom is 0.0924 e. The number of aromatic amines is 1. The minimum Gasteiger partial charge on any atom is -0.282 e. The average Bonchev–Trinajstić information content (AvgIpc) is 2.92.